The summed E-state index contributed by atoms with van der Waals surface area (Å²) in [6.45, 7) is 5.71. The van der Waals surface area contributed by atoms with Gasteiger partial charge in [0.1, 0.15) is 5.78 Å². The molecule has 1 aliphatic carbocycles. The van der Waals surface area contributed by atoms with Gasteiger partial charge >= 0.3 is 0 Å². The Hall–Kier alpha value is -0.900. The van der Waals surface area contributed by atoms with Crippen LogP contribution < -0.4 is 5.32 Å². The number of amides is 1. The number of piperidine rings is 1. The van der Waals surface area contributed by atoms with Crippen LogP contribution in [0.25, 0.3) is 0 Å². The van der Waals surface area contributed by atoms with Crippen LogP contribution in [-0.2, 0) is 9.59 Å². The van der Waals surface area contributed by atoms with E-state index < -0.39 is 0 Å². The largest absolute Gasteiger partial charge is 0.356 e. The average molecular weight is 266 g/mol. The zero-order valence-electron chi connectivity index (χ0n) is 12.0. The molecule has 0 spiro atoms. The lowest BCUT2D eigenvalue weighted by Crippen LogP contribution is -2.39. The number of Topliss-reactive ketones (excluding diaryl/α,β-unsaturated/α-hetero) is 1. The lowest BCUT2D eigenvalue weighted by molar-refractivity contribution is -0.121. The van der Waals surface area contributed by atoms with Gasteiger partial charge in [-0.25, -0.2) is 0 Å². The predicted octanol–water partition coefficient (Wildman–Crippen LogP) is 1.59. The Bertz CT molecular complexity index is 322. The number of nitrogens with zero attached hydrogens (tertiary/aromatic N) is 1. The highest BCUT2D eigenvalue weighted by Gasteiger charge is 2.25. The lowest BCUT2D eigenvalue weighted by atomic mass is 9.95. The predicted molar refractivity (Wildman–Crippen MR) is 74.8 cm³/mol. The van der Waals surface area contributed by atoms with Crippen molar-refractivity contribution in [1.29, 1.82) is 0 Å². The van der Waals surface area contributed by atoms with Crippen molar-refractivity contribution in [2.24, 2.45) is 11.8 Å². The summed E-state index contributed by atoms with van der Waals surface area (Å²) in [5.74, 6) is 1.54. The second-order valence-corrected chi connectivity index (χ2v) is 6.07. The number of carbonyl (C=O) groups is 2. The van der Waals surface area contributed by atoms with Gasteiger partial charge in [0, 0.05) is 25.8 Å². The average Bonchev–Trinajstić information content (AvgIpc) is 2.81. The van der Waals surface area contributed by atoms with Crippen LogP contribution in [-0.4, -0.2) is 42.8 Å². The van der Waals surface area contributed by atoms with Crippen molar-refractivity contribution in [2.45, 2.75) is 45.4 Å². The summed E-state index contributed by atoms with van der Waals surface area (Å²) in [6.07, 6.45) is 6.40. The fourth-order valence-corrected chi connectivity index (χ4v) is 3.23. The molecule has 1 atom stereocenters. The van der Waals surface area contributed by atoms with E-state index in [1.807, 2.05) is 0 Å². The molecule has 0 aromatic heterocycles. The number of hydrogen-bond acceptors (Lipinski definition) is 3. The highest BCUT2D eigenvalue weighted by molar-refractivity contribution is 5.82. The summed E-state index contributed by atoms with van der Waals surface area (Å²) >= 11 is 0. The van der Waals surface area contributed by atoms with Crippen LogP contribution >= 0.6 is 0 Å². The third kappa shape index (κ3) is 4.60. The van der Waals surface area contributed by atoms with E-state index in [4.69, 9.17) is 0 Å². The van der Waals surface area contributed by atoms with Gasteiger partial charge in [0.05, 0.1) is 0 Å². The Kier molecular flexibility index (Phi) is 5.37. The number of ketones is 1. The molecule has 108 valence electrons. The Labute approximate surface area is 115 Å². The molecule has 0 aromatic carbocycles. The molecule has 1 unspecified atom stereocenters. The first-order valence-corrected chi connectivity index (χ1v) is 7.64. The quantitative estimate of drug-likeness (QED) is 0.822. The van der Waals surface area contributed by atoms with E-state index in [-0.39, 0.29) is 5.91 Å². The van der Waals surface area contributed by atoms with Gasteiger partial charge in [-0.1, -0.05) is 0 Å². The maximum atomic E-state index is 11.6. The molecule has 1 heterocycles. The van der Waals surface area contributed by atoms with Gasteiger partial charge in [0.2, 0.25) is 5.91 Å². The Morgan fingerprint density at radius 3 is 2.63 bits per heavy atom. The van der Waals surface area contributed by atoms with Crippen molar-refractivity contribution >= 4 is 11.7 Å². The van der Waals surface area contributed by atoms with Gasteiger partial charge in [-0.3, -0.25) is 9.59 Å². The molecule has 1 N–H and O–H groups in total. The van der Waals surface area contributed by atoms with E-state index in [1.54, 1.807) is 6.92 Å². The molecule has 1 saturated carbocycles. The molecule has 4 heteroatoms. The Morgan fingerprint density at radius 2 is 2.05 bits per heavy atom. The molecule has 0 radical (unpaired) electrons. The minimum atomic E-state index is 0.0715. The minimum absolute atomic E-state index is 0.0715. The lowest BCUT2D eigenvalue weighted by Gasteiger charge is -2.32. The maximum Gasteiger partial charge on any atom is 0.216 e. The minimum Gasteiger partial charge on any atom is -0.356 e. The van der Waals surface area contributed by atoms with Gasteiger partial charge in [-0.15, -0.1) is 0 Å². The van der Waals surface area contributed by atoms with E-state index >= 15 is 0 Å². The number of hydrogen-bond donors (Lipinski definition) is 1. The van der Waals surface area contributed by atoms with Crippen LogP contribution in [0.2, 0.25) is 0 Å². The van der Waals surface area contributed by atoms with Crippen molar-refractivity contribution in [3.05, 3.63) is 0 Å². The normalized spacial score (nSPS) is 25.7. The third-order valence-electron chi connectivity index (χ3n) is 4.57. The van der Waals surface area contributed by atoms with Crippen molar-refractivity contribution in [2.75, 3.05) is 26.2 Å². The number of carbonyl (C=O) groups excluding carboxylic acids is 2. The molecule has 2 aliphatic rings. The van der Waals surface area contributed by atoms with E-state index in [2.05, 4.69) is 10.2 Å². The summed E-state index contributed by atoms with van der Waals surface area (Å²) in [4.78, 5) is 24.9. The second kappa shape index (κ2) is 7.04. The van der Waals surface area contributed by atoms with Crippen LogP contribution in [0, 0.1) is 11.8 Å². The standard InChI is InChI=1S/C15H26N2O2/c1-12(18)16-11-13-5-8-17(9-6-13)10-7-14-3-2-4-15(14)19/h13-14H,2-11H2,1H3,(H,16,18). The summed E-state index contributed by atoms with van der Waals surface area (Å²) in [6, 6.07) is 0. The van der Waals surface area contributed by atoms with E-state index in [0.29, 0.717) is 17.6 Å². The zero-order chi connectivity index (χ0) is 13.7. The molecule has 1 saturated heterocycles. The molecule has 0 bridgehead atoms. The molecule has 1 aliphatic heterocycles. The first-order valence-electron chi connectivity index (χ1n) is 7.64. The molecule has 19 heavy (non-hydrogen) atoms. The summed E-state index contributed by atoms with van der Waals surface area (Å²) in [7, 11) is 0. The molecule has 4 nitrogen and oxygen atoms in total. The van der Waals surface area contributed by atoms with Gasteiger partial charge in [0.25, 0.3) is 0 Å². The molecule has 0 aromatic rings. The van der Waals surface area contributed by atoms with Gasteiger partial charge < -0.3 is 10.2 Å². The van der Waals surface area contributed by atoms with Crippen molar-refractivity contribution in [3.8, 4) is 0 Å². The smallest absolute Gasteiger partial charge is 0.216 e. The third-order valence-corrected chi connectivity index (χ3v) is 4.57. The molecule has 2 rings (SSSR count). The second-order valence-electron chi connectivity index (χ2n) is 6.07. The van der Waals surface area contributed by atoms with Gasteiger partial charge in [-0.05, 0) is 57.7 Å². The van der Waals surface area contributed by atoms with Crippen molar-refractivity contribution in [1.82, 2.24) is 10.2 Å². The fraction of sp³-hybridized carbons (Fsp3) is 0.867. The number of likely N-dealkylation sites (tertiary alicyclic amines) is 1. The number of nitrogens with one attached hydrogen (secondary N) is 1. The molecular formula is C15H26N2O2. The van der Waals surface area contributed by atoms with Gasteiger partial charge in [-0.2, -0.15) is 0 Å². The topological polar surface area (TPSA) is 49.4 Å². The highest BCUT2D eigenvalue weighted by Crippen LogP contribution is 2.25. The molecule has 2 fully saturated rings. The highest BCUT2D eigenvalue weighted by atomic mass is 16.1. The summed E-state index contributed by atoms with van der Waals surface area (Å²) < 4.78 is 0. The first-order chi connectivity index (χ1) is 9.15. The SMILES string of the molecule is CC(=O)NCC1CCN(CCC2CCCC2=O)CC1. The Morgan fingerprint density at radius 1 is 1.32 bits per heavy atom. The fourth-order valence-electron chi connectivity index (χ4n) is 3.23. The van der Waals surface area contributed by atoms with Crippen molar-refractivity contribution < 1.29 is 9.59 Å². The number of rotatable bonds is 5. The van der Waals surface area contributed by atoms with E-state index in [1.165, 1.54) is 12.8 Å². The van der Waals surface area contributed by atoms with E-state index in [9.17, 15) is 9.59 Å². The van der Waals surface area contributed by atoms with Crippen LogP contribution in [0.4, 0.5) is 0 Å². The monoisotopic (exact) mass is 266 g/mol. The van der Waals surface area contributed by atoms with E-state index in [0.717, 1.165) is 51.9 Å². The van der Waals surface area contributed by atoms with Crippen LogP contribution in [0.5, 0.6) is 0 Å². The summed E-state index contributed by atoms with van der Waals surface area (Å²) in [5.41, 5.74) is 0. The first kappa shape index (κ1) is 14.5. The molecule has 1 amide bonds. The zero-order valence-corrected chi connectivity index (χ0v) is 12.0. The van der Waals surface area contributed by atoms with Crippen LogP contribution in [0.3, 0.4) is 0 Å². The van der Waals surface area contributed by atoms with Crippen LogP contribution in [0.1, 0.15) is 45.4 Å². The maximum absolute atomic E-state index is 11.6. The molecular weight excluding hydrogens is 240 g/mol. The Balaban J connectivity index is 1.60. The van der Waals surface area contributed by atoms with Crippen molar-refractivity contribution in [3.63, 3.8) is 0 Å². The van der Waals surface area contributed by atoms with Gasteiger partial charge in [0.15, 0.2) is 0 Å². The van der Waals surface area contributed by atoms with Crippen LogP contribution in [0.15, 0.2) is 0 Å². The summed E-state index contributed by atoms with van der Waals surface area (Å²) in [5, 5.41) is 2.91.